The van der Waals surface area contributed by atoms with Gasteiger partial charge in [-0.15, -0.1) is 0 Å². The van der Waals surface area contributed by atoms with E-state index < -0.39 is 5.82 Å². The molecule has 0 aliphatic carbocycles. The molecule has 2 heterocycles. The van der Waals surface area contributed by atoms with Crippen LogP contribution in [0.25, 0.3) is 0 Å². The molecule has 5 nitrogen and oxygen atoms in total. The molecule has 2 amide bonds. The van der Waals surface area contributed by atoms with Crippen LogP contribution in [0.5, 0.6) is 0 Å². The van der Waals surface area contributed by atoms with E-state index >= 15 is 0 Å². The first-order valence-corrected chi connectivity index (χ1v) is 8.86. The first-order chi connectivity index (χ1) is 11.8. The van der Waals surface area contributed by atoms with E-state index in [9.17, 15) is 14.0 Å². The van der Waals surface area contributed by atoms with Gasteiger partial charge in [0.2, 0.25) is 11.8 Å². The molecular formula is C19H26FN3O2. The SMILES string of the molecule is CC(C)(C)N1CCN(C(=O)[C@H]2CC(=O)N(c3ccccc3F)C2)CC1. The van der Waals surface area contributed by atoms with Gasteiger partial charge >= 0.3 is 0 Å². The van der Waals surface area contributed by atoms with Crippen molar-refractivity contribution in [2.24, 2.45) is 5.92 Å². The predicted molar refractivity (Wildman–Crippen MR) is 94.8 cm³/mol. The average molecular weight is 347 g/mol. The minimum atomic E-state index is -0.428. The number of carbonyl (C=O) groups excluding carboxylic acids is 2. The van der Waals surface area contributed by atoms with Crippen molar-refractivity contribution in [1.29, 1.82) is 0 Å². The van der Waals surface area contributed by atoms with Gasteiger partial charge in [0, 0.05) is 44.7 Å². The van der Waals surface area contributed by atoms with Crippen LogP contribution in [0.3, 0.4) is 0 Å². The van der Waals surface area contributed by atoms with Gasteiger partial charge < -0.3 is 9.80 Å². The number of hydrogen-bond donors (Lipinski definition) is 0. The van der Waals surface area contributed by atoms with Crippen molar-refractivity contribution in [3.05, 3.63) is 30.1 Å². The summed E-state index contributed by atoms with van der Waals surface area (Å²) in [7, 11) is 0. The van der Waals surface area contributed by atoms with E-state index in [1.807, 2.05) is 4.90 Å². The van der Waals surface area contributed by atoms with Gasteiger partial charge in [-0.05, 0) is 32.9 Å². The van der Waals surface area contributed by atoms with Gasteiger partial charge in [-0.3, -0.25) is 14.5 Å². The quantitative estimate of drug-likeness (QED) is 0.823. The Bertz CT molecular complexity index is 663. The topological polar surface area (TPSA) is 43.9 Å². The highest BCUT2D eigenvalue weighted by molar-refractivity contribution is 6.00. The van der Waals surface area contributed by atoms with Crippen molar-refractivity contribution in [2.45, 2.75) is 32.7 Å². The minimum Gasteiger partial charge on any atom is -0.340 e. The van der Waals surface area contributed by atoms with E-state index in [0.717, 1.165) is 13.1 Å². The summed E-state index contributed by atoms with van der Waals surface area (Å²) in [6, 6.07) is 6.22. The number of rotatable bonds is 2. The van der Waals surface area contributed by atoms with Crippen LogP contribution in [0.4, 0.5) is 10.1 Å². The second kappa shape index (κ2) is 6.75. The number of halogens is 1. The van der Waals surface area contributed by atoms with Crippen molar-refractivity contribution in [1.82, 2.24) is 9.80 Å². The maximum Gasteiger partial charge on any atom is 0.228 e. The summed E-state index contributed by atoms with van der Waals surface area (Å²) in [5, 5.41) is 0. The molecule has 1 atom stereocenters. The van der Waals surface area contributed by atoms with E-state index in [0.29, 0.717) is 13.1 Å². The lowest BCUT2D eigenvalue weighted by Crippen LogP contribution is -2.55. The standard InChI is InChI=1S/C19H26FN3O2/c1-19(2,3)22-10-8-21(9-11-22)18(25)14-12-17(24)23(13-14)16-7-5-4-6-15(16)20/h4-7,14H,8-13H2,1-3H3/t14-/m0/s1. The Balaban J connectivity index is 1.63. The van der Waals surface area contributed by atoms with Gasteiger partial charge in [0.15, 0.2) is 0 Å². The normalized spacial score (nSPS) is 22.6. The molecule has 3 rings (SSSR count). The van der Waals surface area contributed by atoms with Crippen molar-refractivity contribution < 1.29 is 14.0 Å². The number of nitrogens with zero attached hydrogens (tertiary/aromatic N) is 3. The van der Waals surface area contributed by atoms with Gasteiger partial charge in [-0.25, -0.2) is 4.39 Å². The zero-order chi connectivity index (χ0) is 18.2. The maximum absolute atomic E-state index is 14.0. The number of carbonyl (C=O) groups is 2. The first kappa shape index (κ1) is 17.9. The maximum atomic E-state index is 14.0. The Hall–Kier alpha value is -1.95. The van der Waals surface area contributed by atoms with E-state index in [1.165, 1.54) is 11.0 Å². The summed E-state index contributed by atoms with van der Waals surface area (Å²) >= 11 is 0. The molecule has 1 aromatic rings. The number of piperazine rings is 1. The molecule has 0 unspecified atom stereocenters. The number of hydrogen-bond acceptors (Lipinski definition) is 3. The minimum absolute atomic E-state index is 0.0146. The highest BCUT2D eigenvalue weighted by Crippen LogP contribution is 2.28. The summed E-state index contributed by atoms with van der Waals surface area (Å²) < 4.78 is 14.0. The molecule has 0 saturated carbocycles. The van der Waals surface area contributed by atoms with Crippen molar-refractivity contribution in [2.75, 3.05) is 37.6 Å². The Kier molecular flexibility index (Phi) is 4.82. The third-order valence-corrected chi connectivity index (χ3v) is 5.16. The highest BCUT2D eigenvalue weighted by atomic mass is 19.1. The van der Waals surface area contributed by atoms with Crippen LogP contribution in [0.15, 0.2) is 24.3 Å². The van der Waals surface area contributed by atoms with Gasteiger partial charge in [0.05, 0.1) is 11.6 Å². The molecule has 0 N–H and O–H groups in total. The fourth-order valence-electron chi connectivity index (χ4n) is 3.63. The van der Waals surface area contributed by atoms with Crippen LogP contribution < -0.4 is 4.90 Å². The summed E-state index contributed by atoms with van der Waals surface area (Å²) in [6.07, 6.45) is 0.159. The van der Waals surface area contributed by atoms with Crippen LogP contribution in [-0.2, 0) is 9.59 Å². The predicted octanol–water partition coefficient (Wildman–Crippen LogP) is 2.12. The highest BCUT2D eigenvalue weighted by Gasteiger charge is 2.39. The number of benzene rings is 1. The molecule has 2 fully saturated rings. The zero-order valence-corrected chi connectivity index (χ0v) is 15.2. The summed E-state index contributed by atoms with van der Waals surface area (Å²) in [6.45, 7) is 9.82. The molecular weight excluding hydrogens is 321 g/mol. The van der Waals surface area contributed by atoms with Crippen LogP contribution >= 0.6 is 0 Å². The second-order valence-electron chi connectivity index (χ2n) is 7.84. The number of anilines is 1. The third kappa shape index (κ3) is 3.68. The Morgan fingerprint density at radius 3 is 2.36 bits per heavy atom. The largest absolute Gasteiger partial charge is 0.340 e. The van der Waals surface area contributed by atoms with E-state index in [4.69, 9.17) is 0 Å². The van der Waals surface area contributed by atoms with Crippen molar-refractivity contribution >= 4 is 17.5 Å². The molecule has 2 aliphatic rings. The van der Waals surface area contributed by atoms with E-state index in [1.54, 1.807) is 18.2 Å². The lowest BCUT2D eigenvalue weighted by atomic mass is 10.0. The van der Waals surface area contributed by atoms with Gasteiger partial charge in [-0.2, -0.15) is 0 Å². The van der Waals surface area contributed by atoms with Gasteiger partial charge in [-0.1, -0.05) is 12.1 Å². The monoisotopic (exact) mass is 347 g/mol. The fourth-order valence-corrected chi connectivity index (χ4v) is 3.63. The van der Waals surface area contributed by atoms with Crippen LogP contribution in [0.1, 0.15) is 27.2 Å². The molecule has 0 aromatic heterocycles. The Labute approximate surface area is 148 Å². The van der Waals surface area contributed by atoms with Crippen molar-refractivity contribution in [3.8, 4) is 0 Å². The zero-order valence-electron chi connectivity index (χ0n) is 15.2. The molecule has 136 valence electrons. The van der Waals surface area contributed by atoms with Gasteiger partial charge in [0.25, 0.3) is 0 Å². The number of amides is 2. The summed E-state index contributed by atoms with van der Waals surface area (Å²) in [5.74, 6) is -0.978. The van der Waals surface area contributed by atoms with Crippen LogP contribution in [0.2, 0.25) is 0 Å². The third-order valence-electron chi connectivity index (χ3n) is 5.16. The lowest BCUT2D eigenvalue weighted by molar-refractivity contribution is -0.138. The first-order valence-electron chi connectivity index (χ1n) is 8.86. The van der Waals surface area contributed by atoms with Crippen LogP contribution in [-0.4, -0.2) is 59.9 Å². The smallest absolute Gasteiger partial charge is 0.228 e. The Morgan fingerprint density at radius 2 is 1.76 bits per heavy atom. The van der Waals surface area contributed by atoms with Gasteiger partial charge in [0.1, 0.15) is 5.82 Å². The molecule has 2 saturated heterocycles. The van der Waals surface area contributed by atoms with E-state index in [2.05, 4.69) is 25.7 Å². The lowest BCUT2D eigenvalue weighted by Gasteiger charge is -2.42. The molecule has 6 heteroatoms. The molecule has 0 radical (unpaired) electrons. The molecule has 0 spiro atoms. The molecule has 25 heavy (non-hydrogen) atoms. The molecule has 2 aliphatic heterocycles. The fraction of sp³-hybridized carbons (Fsp3) is 0.579. The molecule has 0 bridgehead atoms. The summed E-state index contributed by atoms with van der Waals surface area (Å²) in [4.78, 5) is 30.7. The van der Waals surface area contributed by atoms with E-state index in [-0.39, 0.29) is 41.9 Å². The molecule has 1 aromatic carbocycles. The van der Waals surface area contributed by atoms with Crippen molar-refractivity contribution in [3.63, 3.8) is 0 Å². The summed E-state index contributed by atoms with van der Waals surface area (Å²) in [5.41, 5.74) is 0.362. The number of para-hydroxylation sites is 1. The average Bonchev–Trinajstić information content (AvgIpc) is 2.95. The Morgan fingerprint density at radius 1 is 1.12 bits per heavy atom. The second-order valence-corrected chi connectivity index (χ2v) is 7.84. The van der Waals surface area contributed by atoms with Crippen LogP contribution in [0, 0.1) is 11.7 Å².